The van der Waals surface area contributed by atoms with Crippen molar-refractivity contribution in [1.82, 2.24) is 4.57 Å². The lowest BCUT2D eigenvalue weighted by Gasteiger charge is -2.16. The number of fused-ring (bicyclic) bond motifs is 1. The van der Waals surface area contributed by atoms with E-state index in [9.17, 15) is 4.79 Å². The second-order valence-electron chi connectivity index (χ2n) is 6.96. The van der Waals surface area contributed by atoms with Crippen LogP contribution in [0.1, 0.15) is 29.0 Å². The van der Waals surface area contributed by atoms with E-state index < -0.39 is 0 Å². The van der Waals surface area contributed by atoms with E-state index in [0.29, 0.717) is 6.42 Å². The molecule has 0 N–H and O–H groups in total. The van der Waals surface area contributed by atoms with Crippen LogP contribution in [0.5, 0.6) is 0 Å². The Labute approximate surface area is 165 Å². The predicted molar refractivity (Wildman–Crippen MR) is 112 cm³/mol. The Balaban J connectivity index is 1.82. The Morgan fingerprint density at radius 3 is 2.25 bits per heavy atom. The number of hydrogen-bond donors (Lipinski definition) is 0. The number of carbonyl (C=O) groups excluding carboxylic acids is 1. The van der Waals surface area contributed by atoms with Gasteiger partial charge in [-0.25, -0.2) is 0 Å². The zero-order valence-corrected chi connectivity index (χ0v) is 15.9. The van der Waals surface area contributed by atoms with Crippen molar-refractivity contribution in [3.05, 3.63) is 108 Å². The first kappa shape index (κ1) is 18.1. The van der Waals surface area contributed by atoms with Crippen molar-refractivity contribution in [1.29, 1.82) is 0 Å². The van der Waals surface area contributed by atoms with Crippen LogP contribution in [0.4, 0.5) is 0 Å². The Hall–Kier alpha value is -3.33. The van der Waals surface area contributed by atoms with E-state index in [1.54, 1.807) is 0 Å². The predicted octanol–water partition coefficient (Wildman–Crippen LogP) is 5.38. The van der Waals surface area contributed by atoms with Gasteiger partial charge in [0.05, 0.1) is 13.5 Å². The largest absolute Gasteiger partial charge is 0.469 e. The number of nitrogens with zero attached hydrogens (tertiary/aromatic N) is 1. The average Bonchev–Trinajstić information content (AvgIpc) is 3.11. The summed E-state index contributed by atoms with van der Waals surface area (Å²) in [7, 11) is 1.45. The highest BCUT2D eigenvalue weighted by molar-refractivity contribution is 5.86. The lowest BCUT2D eigenvalue weighted by Crippen LogP contribution is -2.10. The number of aromatic nitrogens is 1. The second-order valence-corrected chi connectivity index (χ2v) is 6.96. The first-order valence-corrected chi connectivity index (χ1v) is 9.49. The summed E-state index contributed by atoms with van der Waals surface area (Å²) < 4.78 is 7.26. The molecule has 0 bridgehead atoms. The number of hydrogen-bond acceptors (Lipinski definition) is 2. The maximum atomic E-state index is 12.2. The molecule has 1 heterocycles. The molecule has 3 aromatic carbocycles. The van der Waals surface area contributed by atoms with E-state index in [2.05, 4.69) is 71.4 Å². The van der Waals surface area contributed by atoms with Gasteiger partial charge >= 0.3 is 5.97 Å². The van der Waals surface area contributed by atoms with Crippen molar-refractivity contribution < 1.29 is 9.53 Å². The van der Waals surface area contributed by atoms with Crippen molar-refractivity contribution in [2.24, 2.45) is 0 Å². The molecule has 0 fully saturated rings. The number of benzene rings is 3. The molecule has 0 spiro atoms. The molecule has 0 saturated heterocycles. The normalized spacial score (nSPS) is 12.0. The molecular formula is C25H23NO2. The molecule has 1 atom stereocenters. The van der Waals surface area contributed by atoms with Gasteiger partial charge in [0.15, 0.2) is 0 Å². The molecule has 0 aliphatic heterocycles. The van der Waals surface area contributed by atoms with Crippen molar-refractivity contribution >= 4 is 16.9 Å². The number of ether oxygens (including phenoxy) is 1. The van der Waals surface area contributed by atoms with Crippen molar-refractivity contribution in [3.63, 3.8) is 0 Å². The van der Waals surface area contributed by atoms with E-state index >= 15 is 0 Å². The Morgan fingerprint density at radius 1 is 0.893 bits per heavy atom. The summed E-state index contributed by atoms with van der Waals surface area (Å²) in [5.74, 6) is -0.246. The van der Waals surface area contributed by atoms with Gasteiger partial charge < -0.3 is 9.30 Å². The third-order valence-corrected chi connectivity index (χ3v) is 5.19. The van der Waals surface area contributed by atoms with Crippen LogP contribution in [0.25, 0.3) is 10.9 Å². The maximum Gasteiger partial charge on any atom is 0.306 e. The summed E-state index contributed by atoms with van der Waals surface area (Å²) in [6.45, 7) is 0.793. The molecule has 0 unspecified atom stereocenters. The third-order valence-electron chi connectivity index (χ3n) is 5.19. The summed E-state index contributed by atoms with van der Waals surface area (Å²) in [5, 5.41) is 1.18. The minimum absolute atomic E-state index is 0.0458. The zero-order chi connectivity index (χ0) is 19.3. The van der Waals surface area contributed by atoms with E-state index in [-0.39, 0.29) is 11.9 Å². The third kappa shape index (κ3) is 3.70. The van der Waals surface area contributed by atoms with Gasteiger partial charge in [-0.15, -0.1) is 0 Å². The Bertz CT molecular complexity index is 1070. The van der Waals surface area contributed by atoms with Crippen LogP contribution in [0, 0.1) is 0 Å². The van der Waals surface area contributed by atoms with Crippen molar-refractivity contribution in [2.75, 3.05) is 7.11 Å². The smallest absolute Gasteiger partial charge is 0.306 e. The molecule has 0 aliphatic rings. The van der Waals surface area contributed by atoms with E-state index in [4.69, 9.17) is 4.74 Å². The van der Waals surface area contributed by atoms with Gasteiger partial charge in [-0.1, -0.05) is 78.9 Å². The van der Waals surface area contributed by atoms with Crippen LogP contribution < -0.4 is 0 Å². The molecule has 0 aliphatic carbocycles. The topological polar surface area (TPSA) is 31.2 Å². The highest BCUT2D eigenvalue weighted by Crippen LogP contribution is 2.35. The number of esters is 1. The molecule has 140 valence electrons. The first-order chi connectivity index (χ1) is 13.8. The van der Waals surface area contributed by atoms with Gasteiger partial charge in [0, 0.05) is 29.6 Å². The molecule has 1 aromatic heterocycles. The quantitative estimate of drug-likeness (QED) is 0.427. The van der Waals surface area contributed by atoms with Crippen molar-refractivity contribution in [3.8, 4) is 0 Å². The number of methoxy groups -OCH3 is 1. The van der Waals surface area contributed by atoms with Crippen molar-refractivity contribution in [2.45, 2.75) is 18.9 Å². The van der Waals surface area contributed by atoms with Gasteiger partial charge in [0.1, 0.15) is 0 Å². The fourth-order valence-corrected chi connectivity index (χ4v) is 3.81. The van der Waals surface area contributed by atoms with Crippen LogP contribution in [-0.4, -0.2) is 17.6 Å². The minimum atomic E-state index is -0.200. The van der Waals surface area contributed by atoms with E-state index in [1.165, 1.54) is 23.6 Å². The molecule has 28 heavy (non-hydrogen) atoms. The summed E-state index contributed by atoms with van der Waals surface area (Å²) in [6.07, 6.45) is 2.51. The van der Waals surface area contributed by atoms with Crippen LogP contribution in [0.15, 0.2) is 91.1 Å². The Morgan fingerprint density at radius 2 is 1.54 bits per heavy atom. The minimum Gasteiger partial charge on any atom is -0.469 e. The number of para-hydroxylation sites is 1. The molecule has 0 saturated carbocycles. The Kier molecular flexibility index (Phi) is 5.24. The highest BCUT2D eigenvalue weighted by atomic mass is 16.5. The lowest BCUT2D eigenvalue weighted by molar-refractivity contribution is -0.140. The molecule has 4 aromatic rings. The van der Waals surface area contributed by atoms with E-state index in [1.807, 2.05) is 24.3 Å². The van der Waals surface area contributed by atoms with Crippen LogP contribution >= 0.6 is 0 Å². The zero-order valence-electron chi connectivity index (χ0n) is 15.9. The summed E-state index contributed by atoms with van der Waals surface area (Å²) in [6, 6.07) is 29.0. The van der Waals surface area contributed by atoms with Crippen LogP contribution in [0.2, 0.25) is 0 Å². The van der Waals surface area contributed by atoms with Gasteiger partial charge in [-0.2, -0.15) is 0 Å². The standard InChI is InChI=1S/C25H23NO2/c1-28-25(27)16-22(20-12-6-3-7-13-20)23-18-26(17-19-10-4-2-5-11-19)24-15-9-8-14-21(23)24/h2-15,18,22H,16-17H2,1H3/t22-/m0/s1. The summed E-state index contributed by atoms with van der Waals surface area (Å²) >= 11 is 0. The molecule has 3 heteroatoms. The number of carbonyl (C=O) groups is 1. The van der Waals surface area contributed by atoms with Gasteiger partial charge in [0.2, 0.25) is 0 Å². The van der Waals surface area contributed by atoms with E-state index in [0.717, 1.165) is 17.7 Å². The van der Waals surface area contributed by atoms with Crippen LogP contribution in [0.3, 0.4) is 0 Å². The van der Waals surface area contributed by atoms with Gasteiger partial charge in [0.25, 0.3) is 0 Å². The summed E-state index contributed by atoms with van der Waals surface area (Å²) in [4.78, 5) is 12.2. The molecule has 4 rings (SSSR count). The average molecular weight is 369 g/mol. The highest BCUT2D eigenvalue weighted by Gasteiger charge is 2.23. The molecule has 3 nitrogen and oxygen atoms in total. The lowest BCUT2D eigenvalue weighted by atomic mass is 9.88. The number of rotatable bonds is 6. The molecule has 0 radical (unpaired) electrons. The molecule has 0 amide bonds. The first-order valence-electron chi connectivity index (χ1n) is 9.49. The monoisotopic (exact) mass is 369 g/mol. The second kappa shape index (κ2) is 8.13. The molecular weight excluding hydrogens is 346 g/mol. The van der Waals surface area contributed by atoms with Gasteiger partial charge in [-0.3, -0.25) is 4.79 Å². The van der Waals surface area contributed by atoms with Crippen LogP contribution in [-0.2, 0) is 16.1 Å². The fourth-order valence-electron chi connectivity index (χ4n) is 3.81. The fraction of sp³-hybridized carbons (Fsp3) is 0.160. The van der Waals surface area contributed by atoms with Gasteiger partial charge in [-0.05, 0) is 22.8 Å². The summed E-state index contributed by atoms with van der Waals surface area (Å²) in [5.41, 5.74) is 4.70. The SMILES string of the molecule is COC(=O)C[C@@H](c1ccccc1)c1cn(Cc2ccccc2)c2ccccc12. The maximum absolute atomic E-state index is 12.2.